The van der Waals surface area contributed by atoms with Crippen LogP contribution in [0.25, 0.3) is 21.9 Å². The molecule has 0 bridgehead atoms. The van der Waals surface area contributed by atoms with Gasteiger partial charge in [0, 0.05) is 11.1 Å². The number of aromatic amines is 1. The molecule has 25 heavy (non-hydrogen) atoms. The Morgan fingerprint density at radius 1 is 0.720 bits per heavy atom. The van der Waals surface area contributed by atoms with Gasteiger partial charge in [-0.1, -0.05) is 24.3 Å². The third-order valence-electron chi connectivity index (χ3n) is 4.69. The molecule has 4 rings (SSSR count). The van der Waals surface area contributed by atoms with E-state index in [2.05, 4.69) is 86.0 Å². The molecule has 1 N–H and O–H groups in total. The standard InChI is InChI=1S/C12H13N.C10H12N2/c1-8-5-4-6-12-11(8)7-9(2)10(3)13-12;1-6-4-5-7(2)10-9(6)11-8(3)12-10/h4-7H,1-3H3;4-5H,1-3H3,(H,11,12). The summed E-state index contributed by atoms with van der Waals surface area (Å²) in [4.78, 5) is 12.2. The Morgan fingerprint density at radius 2 is 1.44 bits per heavy atom. The minimum absolute atomic E-state index is 0.988. The Kier molecular flexibility index (Phi) is 4.58. The number of H-pyrrole nitrogens is 1. The number of rotatable bonds is 0. The number of hydrogen-bond donors (Lipinski definition) is 1. The largest absolute Gasteiger partial charge is 0.342 e. The first-order valence-corrected chi connectivity index (χ1v) is 8.63. The highest BCUT2D eigenvalue weighted by Crippen LogP contribution is 2.20. The molecule has 2 aromatic heterocycles. The van der Waals surface area contributed by atoms with E-state index in [-0.39, 0.29) is 0 Å². The molecule has 3 nitrogen and oxygen atoms in total. The van der Waals surface area contributed by atoms with Gasteiger partial charge < -0.3 is 4.98 Å². The SMILES string of the molecule is Cc1cc2c(C)cccc2nc1C.Cc1nc2c(C)ccc(C)c2[nH]1. The molecule has 3 heteroatoms. The maximum atomic E-state index is 4.54. The van der Waals surface area contributed by atoms with Gasteiger partial charge in [0.2, 0.25) is 0 Å². The highest BCUT2D eigenvalue weighted by molar-refractivity contribution is 5.83. The summed E-state index contributed by atoms with van der Waals surface area (Å²) in [7, 11) is 0. The van der Waals surface area contributed by atoms with Crippen molar-refractivity contribution in [1.82, 2.24) is 15.0 Å². The molecule has 0 unspecified atom stereocenters. The fourth-order valence-electron chi connectivity index (χ4n) is 3.01. The number of aryl methyl sites for hydroxylation is 6. The third kappa shape index (κ3) is 3.41. The van der Waals surface area contributed by atoms with Gasteiger partial charge >= 0.3 is 0 Å². The van der Waals surface area contributed by atoms with Crippen LogP contribution in [0.4, 0.5) is 0 Å². The Labute approximate surface area is 149 Å². The number of hydrogen-bond acceptors (Lipinski definition) is 2. The molecule has 2 aromatic carbocycles. The molecule has 0 aliphatic rings. The fourth-order valence-corrected chi connectivity index (χ4v) is 3.01. The summed E-state index contributed by atoms with van der Waals surface area (Å²) in [5.41, 5.74) is 9.56. The number of pyridine rings is 1. The van der Waals surface area contributed by atoms with Crippen molar-refractivity contribution in [2.45, 2.75) is 41.5 Å². The van der Waals surface area contributed by atoms with Crippen molar-refractivity contribution >= 4 is 21.9 Å². The minimum atomic E-state index is 0.988. The number of aromatic nitrogens is 3. The van der Waals surface area contributed by atoms with Gasteiger partial charge in [0.05, 0.1) is 16.6 Å². The van der Waals surface area contributed by atoms with Gasteiger partial charge in [0.15, 0.2) is 0 Å². The van der Waals surface area contributed by atoms with Gasteiger partial charge in [-0.2, -0.15) is 0 Å². The summed E-state index contributed by atoms with van der Waals surface area (Å²) in [6.07, 6.45) is 0. The van der Waals surface area contributed by atoms with E-state index in [4.69, 9.17) is 0 Å². The molecule has 128 valence electrons. The summed E-state index contributed by atoms with van der Waals surface area (Å²) < 4.78 is 0. The number of benzene rings is 2. The zero-order valence-corrected chi connectivity index (χ0v) is 15.9. The lowest BCUT2D eigenvalue weighted by molar-refractivity contribution is 1.17. The summed E-state index contributed by atoms with van der Waals surface area (Å²) in [6.45, 7) is 12.4. The monoisotopic (exact) mass is 331 g/mol. The highest BCUT2D eigenvalue weighted by atomic mass is 14.9. The second kappa shape index (κ2) is 6.67. The van der Waals surface area contributed by atoms with E-state index in [0.717, 1.165) is 22.6 Å². The molecule has 2 heterocycles. The lowest BCUT2D eigenvalue weighted by Gasteiger charge is -2.04. The van der Waals surface area contributed by atoms with E-state index >= 15 is 0 Å². The van der Waals surface area contributed by atoms with Gasteiger partial charge in [-0.15, -0.1) is 0 Å². The summed E-state index contributed by atoms with van der Waals surface area (Å²) in [5.74, 6) is 0.988. The number of nitrogens with one attached hydrogen (secondary N) is 1. The lowest BCUT2D eigenvalue weighted by Crippen LogP contribution is -1.89. The number of fused-ring (bicyclic) bond motifs is 2. The molecule has 0 spiro atoms. The maximum absolute atomic E-state index is 4.54. The quantitative estimate of drug-likeness (QED) is 0.452. The van der Waals surface area contributed by atoms with Crippen molar-refractivity contribution in [1.29, 1.82) is 0 Å². The zero-order valence-electron chi connectivity index (χ0n) is 15.9. The van der Waals surface area contributed by atoms with E-state index in [1.54, 1.807) is 0 Å². The number of nitrogens with zero attached hydrogens (tertiary/aromatic N) is 2. The van der Waals surface area contributed by atoms with Crippen LogP contribution in [-0.2, 0) is 0 Å². The molecule has 0 atom stereocenters. The van der Waals surface area contributed by atoms with Gasteiger partial charge in [0.1, 0.15) is 5.82 Å². The average Bonchev–Trinajstić information content (AvgIpc) is 2.97. The Morgan fingerprint density at radius 3 is 2.16 bits per heavy atom. The van der Waals surface area contributed by atoms with E-state index in [9.17, 15) is 0 Å². The molecule has 4 aromatic rings. The molecule has 0 amide bonds. The molecule has 0 radical (unpaired) electrons. The van der Waals surface area contributed by atoms with E-state index in [1.807, 2.05) is 6.92 Å². The normalized spacial score (nSPS) is 10.8. The van der Waals surface area contributed by atoms with E-state index < -0.39 is 0 Å². The second-order valence-electron chi connectivity index (χ2n) is 6.78. The van der Waals surface area contributed by atoms with Crippen molar-refractivity contribution in [2.24, 2.45) is 0 Å². The van der Waals surface area contributed by atoms with Gasteiger partial charge in [-0.25, -0.2) is 4.98 Å². The second-order valence-corrected chi connectivity index (χ2v) is 6.78. The van der Waals surface area contributed by atoms with Crippen molar-refractivity contribution in [3.05, 3.63) is 70.2 Å². The van der Waals surface area contributed by atoms with Crippen LogP contribution in [0.1, 0.15) is 33.8 Å². The zero-order chi connectivity index (χ0) is 18.1. The van der Waals surface area contributed by atoms with Gasteiger partial charge in [-0.05, 0) is 75.9 Å². The number of imidazole rings is 1. The van der Waals surface area contributed by atoms with Gasteiger partial charge in [-0.3, -0.25) is 4.98 Å². The Bertz CT molecular complexity index is 1020. The fraction of sp³-hybridized carbons (Fsp3) is 0.273. The van der Waals surface area contributed by atoms with Crippen LogP contribution in [0, 0.1) is 41.5 Å². The van der Waals surface area contributed by atoms with Crippen LogP contribution >= 0.6 is 0 Å². The molecule has 0 fully saturated rings. The van der Waals surface area contributed by atoms with Crippen LogP contribution in [0.3, 0.4) is 0 Å². The molecule has 0 saturated heterocycles. The van der Waals surface area contributed by atoms with Crippen LogP contribution in [-0.4, -0.2) is 15.0 Å². The smallest absolute Gasteiger partial charge is 0.104 e. The van der Waals surface area contributed by atoms with Crippen molar-refractivity contribution in [3.63, 3.8) is 0 Å². The Hall–Kier alpha value is -2.68. The van der Waals surface area contributed by atoms with Gasteiger partial charge in [0.25, 0.3) is 0 Å². The highest BCUT2D eigenvalue weighted by Gasteiger charge is 2.04. The van der Waals surface area contributed by atoms with Crippen molar-refractivity contribution in [2.75, 3.05) is 0 Å². The topological polar surface area (TPSA) is 41.6 Å². The molecule has 0 aliphatic carbocycles. The first kappa shape index (κ1) is 17.2. The van der Waals surface area contributed by atoms with Crippen LogP contribution in [0.15, 0.2) is 36.4 Å². The van der Waals surface area contributed by atoms with E-state index in [0.29, 0.717) is 0 Å². The molecular formula is C22H25N3. The minimum Gasteiger partial charge on any atom is -0.342 e. The van der Waals surface area contributed by atoms with Crippen LogP contribution in [0.5, 0.6) is 0 Å². The molecule has 0 aliphatic heterocycles. The van der Waals surface area contributed by atoms with Crippen LogP contribution in [0.2, 0.25) is 0 Å². The van der Waals surface area contributed by atoms with E-state index in [1.165, 1.54) is 33.2 Å². The predicted octanol–water partition coefficient (Wildman–Crippen LogP) is 5.65. The predicted molar refractivity (Wildman–Crippen MR) is 106 cm³/mol. The molecule has 0 saturated carbocycles. The summed E-state index contributed by atoms with van der Waals surface area (Å²) in [5, 5.41) is 1.27. The van der Waals surface area contributed by atoms with Crippen molar-refractivity contribution < 1.29 is 0 Å². The third-order valence-corrected chi connectivity index (χ3v) is 4.69. The maximum Gasteiger partial charge on any atom is 0.104 e. The molecular weight excluding hydrogens is 306 g/mol. The average molecular weight is 331 g/mol. The summed E-state index contributed by atoms with van der Waals surface area (Å²) >= 11 is 0. The van der Waals surface area contributed by atoms with Crippen molar-refractivity contribution in [3.8, 4) is 0 Å². The first-order valence-electron chi connectivity index (χ1n) is 8.63. The first-order chi connectivity index (χ1) is 11.9. The summed E-state index contributed by atoms with van der Waals surface area (Å²) in [6, 6.07) is 12.7. The Balaban J connectivity index is 0.000000146. The lowest BCUT2D eigenvalue weighted by atomic mass is 10.1. The van der Waals surface area contributed by atoms with Crippen LogP contribution < -0.4 is 0 Å².